The van der Waals surface area contributed by atoms with E-state index in [4.69, 9.17) is 9.84 Å². The third-order valence-corrected chi connectivity index (χ3v) is 2.93. The third kappa shape index (κ3) is 3.07. The average Bonchev–Trinajstić information content (AvgIpc) is 2.38. The number of ether oxygens (including phenoxy) is 1. The van der Waals surface area contributed by atoms with Gasteiger partial charge in [-0.25, -0.2) is 9.78 Å². The monoisotopic (exact) mass is 307 g/mol. The number of para-hydroxylation sites is 1. The molecule has 4 nitrogen and oxygen atoms in total. The van der Waals surface area contributed by atoms with Gasteiger partial charge in [-0.05, 0) is 34.1 Å². The van der Waals surface area contributed by atoms with Crippen molar-refractivity contribution >= 4 is 21.9 Å². The van der Waals surface area contributed by atoms with Crippen LogP contribution in [0, 0.1) is 0 Å². The van der Waals surface area contributed by atoms with E-state index in [0.29, 0.717) is 6.61 Å². The number of carboxylic acid groups (broad SMARTS) is 1. The highest BCUT2D eigenvalue weighted by Gasteiger charge is 2.04. The van der Waals surface area contributed by atoms with E-state index in [1.54, 1.807) is 6.07 Å². The number of aromatic carboxylic acids is 1. The van der Waals surface area contributed by atoms with Gasteiger partial charge in [-0.3, -0.25) is 0 Å². The fraction of sp³-hybridized carbons (Fsp3) is 0.0769. The first kappa shape index (κ1) is 12.6. The molecule has 0 fully saturated rings. The third-order valence-electron chi connectivity index (χ3n) is 2.27. The number of aromatic nitrogens is 1. The van der Waals surface area contributed by atoms with Crippen LogP contribution in [0.2, 0.25) is 0 Å². The van der Waals surface area contributed by atoms with Crippen LogP contribution in [0.15, 0.2) is 47.1 Å². The lowest BCUT2D eigenvalue weighted by atomic mass is 10.2. The number of rotatable bonds is 4. The summed E-state index contributed by atoms with van der Waals surface area (Å²) in [5, 5.41) is 8.72. The van der Waals surface area contributed by atoms with E-state index in [1.165, 1.54) is 12.3 Å². The van der Waals surface area contributed by atoms with Gasteiger partial charge in [0.25, 0.3) is 0 Å². The molecule has 0 aliphatic rings. The van der Waals surface area contributed by atoms with Gasteiger partial charge in [-0.15, -0.1) is 0 Å². The van der Waals surface area contributed by atoms with Crippen LogP contribution in [0.1, 0.15) is 16.1 Å². The summed E-state index contributed by atoms with van der Waals surface area (Å²) in [6.07, 6.45) is 1.50. The minimum atomic E-state index is -1.03. The van der Waals surface area contributed by atoms with Gasteiger partial charge in [0, 0.05) is 11.8 Å². The fourth-order valence-electron chi connectivity index (χ4n) is 1.36. The van der Waals surface area contributed by atoms with Gasteiger partial charge in [0.15, 0.2) is 0 Å². The first-order valence-electron chi connectivity index (χ1n) is 5.22. The lowest BCUT2D eigenvalue weighted by Crippen LogP contribution is -2.02. The summed E-state index contributed by atoms with van der Waals surface area (Å²) in [6.45, 7) is 0.343. The Morgan fingerprint density at radius 1 is 1.28 bits per heavy atom. The quantitative estimate of drug-likeness (QED) is 0.943. The van der Waals surface area contributed by atoms with Crippen molar-refractivity contribution in [3.05, 3.63) is 58.3 Å². The van der Waals surface area contributed by atoms with Crippen molar-refractivity contribution in [2.75, 3.05) is 0 Å². The van der Waals surface area contributed by atoms with Crippen LogP contribution in [0.4, 0.5) is 0 Å². The number of carbonyl (C=O) groups is 1. The lowest BCUT2D eigenvalue weighted by molar-refractivity contribution is 0.0690. The smallest absolute Gasteiger partial charge is 0.354 e. The summed E-state index contributed by atoms with van der Waals surface area (Å²) in [5.74, 6) is -0.298. The predicted octanol–water partition coefficient (Wildman–Crippen LogP) is 3.12. The molecule has 0 saturated heterocycles. The minimum Gasteiger partial charge on any atom is -0.488 e. The van der Waals surface area contributed by atoms with E-state index in [9.17, 15) is 4.79 Å². The first-order chi connectivity index (χ1) is 8.66. The maximum atomic E-state index is 10.6. The molecule has 1 aromatic heterocycles. The summed E-state index contributed by atoms with van der Waals surface area (Å²) in [4.78, 5) is 14.5. The number of halogens is 1. The van der Waals surface area contributed by atoms with Gasteiger partial charge in [0.2, 0.25) is 0 Å². The van der Waals surface area contributed by atoms with Crippen LogP contribution in [0.5, 0.6) is 5.75 Å². The van der Waals surface area contributed by atoms with Gasteiger partial charge in [0.05, 0.1) is 4.47 Å². The van der Waals surface area contributed by atoms with Crippen molar-refractivity contribution in [2.45, 2.75) is 6.61 Å². The zero-order valence-electron chi connectivity index (χ0n) is 9.34. The van der Waals surface area contributed by atoms with Gasteiger partial charge in [-0.2, -0.15) is 0 Å². The molecule has 0 atom stereocenters. The normalized spacial score (nSPS) is 10.1. The Kier molecular flexibility index (Phi) is 3.94. The summed E-state index contributed by atoms with van der Waals surface area (Å²) in [5.41, 5.74) is 0.843. The Bertz CT molecular complexity index is 554. The highest BCUT2D eigenvalue weighted by atomic mass is 79.9. The summed E-state index contributed by atoms with van der Waals surface area (Å²) < 4.78 is 6.46. The van der Waals surface area contributed by atoms with Gasteiger partial charge >= 0.3 is 5.97 Å². The molecule has 1 heterocycles. The van der Waals surface area contributed by atoms with E-state index >= 15 is 0 Å². The second-order valence-electron chi connectivity index (χ2n) is 3.58. The molecule has 0 spiro atoms. The number of carboxylic acids is 1. The molecule has 1 N–H and O–H groups in total. The summed E-state index contributed by atoms with van der Waals surface area (Å²) in [7, 11) is 0. The van der Waals surface area contributed by atoms with Crippen molar-refractivity contribution in [3.8, 4) is 5.75 Å². The lowest BCUT2D eigenvalue weighted by Gasteiger charge is -2.07. The van der Waals surface area contributed by atoms with Gasteiger partial charge in [-0.1, -0.05) is 18.2 Å². The number of pyridine rings is 1. The van der Waals surface area contributed by atoms with Crippen molar-refractivity contribution in [3.63, 3.8) is 0 Å². The molecule has 0 unspecified atom stereocenters. The van der Waals surface area contributed by atoms with E-state index in [2.05, 4.69) is 20.9 Å². The summed E-state index contributed by atoms with van der Waals surface area (Å²) in [6, 6.07) is 10.7. The summed E-state index contributed by atoms with van der Waals surface area (Å²) >= 11 is 3.38. The standard InChI is InChI=1S/C13H10BrNO3/c14-10-3-1-2-4-12(10)18-8-9-5-6-11(13(16)17)15-7-9/h1-7H,8H2,(H,16,17). The Hall–Kier alpha value is -1.88. The van der Waals surface area contributed by atoms with E-state index in [-0.39, 0.29) is 5.69 Å². The molecule has 18 heavy (non-hydrogen) atoms. The van der Waals surface area contributed by atoms with Crippen LogP contribution in [0.3, 0.4) is 0 Å². The minimum absolute atomic E-state index is 0.0274. The Labute approximate surface area is 112 Å². The molecule has 1 aromatic carbocycles. The molecule has 0 aliphatic carbocycles. The van der Waals surface area contributed by atoms with Crippen LogP contribution in [-0.2, 0) is 6.61 Å². The molecular formula is C13H10BrNO3. The average molecular weight is 308 g/mol. The number of nitrogens with zero attached hydrogens (tertiary/aromatic N) is 1. The van der Waals surface area contributed by atoms with Gasteiger partial charge < -0.3 is 9.84 Å². The molecular weight excluding hydrogens is 298 g/mol. The highest BCUT2D eigenvalue weighted by molar-refractivity contribution is 9.10. The number of hydrogen-bond donors (Lipinski definition) is 1. The topological polar surface area (TPSA) is 59.4 Å². The van der Waals surface area contributed by atoms with Gasteiger partial charge in [0.1, 0.15) is 18.1 Å². The molecule has 0 saturated carbocycles. The van der Waals surface area contributed by atoms with E-state index in [0.717, 1.165) is 15.8 Å². The molecule has 2 rings (SSSR count). The maximum absolute atomic E-state index is 10.6. The SMILES string of the molecule is O=C(O)c1ccc(COc2ccccc2Br)cn1. The zero-order valence-corrected chi connectivity index (χ0v) is 10.9. The Morgan fingerprint density at radius 3 is 2.67 bits per heavy atom. The Morgan fingerprint density at radius 2 is 2.06 bits per heavy atom. The van der Waals surface area contributed by atoms with Crippen molar-refractivity contribution in [1.29, 1.82) is 0 Å². The highest BCUT2D eigenvalue weighted by Crippen LogP contribution is 2.24. The number of hydrogen-bond acceptors (Lipinski definition) is 3. The van der Waals surface area contributed by atoms with Crippen molar-refractivity contribution in [2.24, 2.45) is 0 Å². The fourth-order valence-corrected chi connectivity index (χ4v) is 1.76. The second kappa shape index (κ2) is 5.64. The van der Waals surface area contributed by atoms with Crippen LogP contribution in [0.25, 0.3) is 0 Å². The Balaban J connectivity index is 2.02. The van der Waals surface area contributed by atoms with Crippen molar-refractivity contribution in [1.82, 2.24) is 4.98 Å². The predicted molar refractivity (Wildman–Crippen MR) is 69.7 cm³/mol. The molecule has 2 aromatic rings. The largest absolute Gasteiger partial charge is 0.488 e. The zero-order chi connectivity index (χ0) is 13.0. The first-order valence-corrected chi connectivity index (χ1v) is 6.01. The second-order valence-corrected chi connectivity index (χ2v) is 4.43. The molecule has 0 radical (unpaired) electrons. The van der Waals surface area contributed by atoms with Crippen molar-refractivity contribution < 1.29 is 14.6 Å². The molecule has 0 aliphatic heterocycles. The van der Waals surface area contributed by atoms with Crippen LogP contribution >= 0.6 is 15.9 Å². The van der Waals surface area contributed by atoms with Crippen LogP contribution in [-0.4, -0.2) is 16.1 Å². The molecule has 0 bridgehead atoms. The molecule has 5 heteroatoms. The maximum Gasteiger partial charge on any atom is 0.354 e. The van der Waals surface area contributed by atoms with Crippen LogP contribution < -0.4 is 4.74 Å². The number of benzene rings is 1. The molecule has 92 valence electrons. The molecule has 0 amide bonds. The van der Waals surface area contributed by atoms with E-state index in [1.807, 2.05) is 24.3 Å². The van der Waals surface area contributed by atoms with E-state index < -0.39 is 5.97 Å².